The summed E-state index contributed by atoms with van der Waals surface area (Å²) in [5, 5.41) is 3.00. The Bertz CT molecular complexity index is 633. The van der Waals surface area contributed by atoms with Crippen molar-refractivity contribution in [1.29, 1.82) is 0 Å². The molecule has 0 saturated carbocycles. The molecule has 2 aromatic rings. The monoisotopic (exact) mass is 307 g/mol. The number of rotatable bonds is 5. The number of amides is 1. The summed E-state index contributed by atoms with van der Waals surface area (Å²) in [7, 11) is 0. The van der Waals surface area contributed by atoms with Crippen molar-refractivity contribution >= 4 is 5.91 Å². The Morgan fingerprint density at radius 1 is 1.00 bits per heavy atom. The van der Waals surface area contributed by atoms with Crippen molar-refractivity contribution in [3.63, 3.8) is 0 Å². The predicted octanol–water partition coefficient (Wildman–Crippen LogP) is 4.45. The maximum absolute atomic E-state index is 11.4. The van der Waals surface area contributed by atoms with Crippen LogP contribution in [0.1, 0.15) is 31.7 Å². The first-order valence-corrected chi connectivity index (χ1v) is 8.63. The third kappa shape index (κ3) is 4.22. The second-order valence-electron chi connectivity index (χ2n) is 6.70. The van der Waals surface area contributed by atoms with Crippen LogP contribution >= 0.6 is 0 Å². The molecule has 0 aliphatic carbocycles. The molecular weight excluding hydrogens is 282 g/mol. The van der Waals surface area contributed by atoms with E-state index in [-0.39, 0.29) is 5.91 Å². The molecule has 1 heterocycles. The molecule has 0 bridgehead atoms. The zero-order valence-corrected chi connectivity index (χ0v) is 13.8. The standard InChI is InChI=1S/C21H25NO/c1-16-14-21(23)22-15-20(16)9-5-6-17-10-12-19(13-11-17)18-7-3-2-4-8-18/h2-4,7-8,10-13,16,20H,5-6,9,14-15H2,1H3,(H,22,23)/t16?,20-/m1/s1. The van der Waals surface area contributed by atoms with Gasteiger partial charge in [0.1, 0.15) is 0 Å². The smallest absolute Gasteiger partial charge is 0.220 e. The Morgan fingerprint density at radius 3 is 2.39 bits per heavy atom. The highest BCUT2D eigenvalue weighted by Crippen LogP contribution is 2.25. The first kappa shape index (κ1) is 15.8. The van der Waals surface area contributed by atoms with E-state index in [1.54, 1.807) is 0 Å². The maximum Gasteiger partial charge on any atom is 0.220 e. The molecule has 1 unspecified atom stereocenters. The van der Waals surface area contributed by atoms with Gasteiger partial charge in [-0.3, -0.25) is 4.79 Å². The summed E-state index contributed by atoms with van der Waals surface area (Å²) in [4.78, 5) is 11.4. The lowest BCUT2D eigenvalue weighted by molar-refractivity contribution is -0.124. The van der Waals surface area contributed by atoms with Crippen LogP contribution in [0.3, 0.4) is 0 Å². The van der Waals surface area contributed by atoms with Crippen LogP contribution in [0.25, 0.3) is 11.1 Å². The van der Waals surface area contributed by atoms with Crippen molar-refractivity contribution in [1.82, 2.24) is 5.32 Å². The van der Waals surface area contributed by atoms with Crippen LogP contribution in [-0.2, 0) is 11.2 Å². The zero-order valence-electron chi connectivity index (χ0n) is 13.8. The molecule has 2 heteroatoms. The fraction of sp³-hybridized carbons (Fsp3) is 0.381. The highest BCUT2D eigenvalue weighted by molar-refractivity contribution is 5.76. The molecule has 1 aliphatic rings. The van der Waals surface area contributed by atoms with Crippen molar-refractivity contribution in [3.05, 3.63) is 60.2 Å². The molecule has 120 valence electrons. The van der Waals surface area contributed by atoms with Gasteiger partial charge in [0, 0.05) is 13.0 Å². The largest absolute Gasteiger partial charge is 0.356 e. The summed E-state index contributed by atoms with van der Waals surface area (Å²) >= 11 is 0. The van der Waals surface area contributed by atoms with E-state index in [1.807, 2.05) is 6.07 Å². The second kappa shape index (κ2) is 7.45. The second-order valence-corrected chi connectivity index (χ2v) is 6.70. The lowest BCUT2D eigenvalue weighted by Crippen LogP contribution is -2.39. The molecule has 1 aliphatic heterocycles. The van der Waals surface area contributed by atoms with Crippen LogP contribution in [0, 0.1) is 11.8 Å². The van der Waals surface area contributed by atoms with Crippen molar-refractivity contribution in [3.8, 4) is 11.1 Å². The summed E-state index contributed by atoms with van der Waals surface area (Å²) in [5.41, 5.74) is 3.95. The lowest BCUT2D eigenvalue weighted by atomic mass is 9.84. The normalized spacial score (nSPS) is 21.0. The summed E-state index contributed by atoms with van der Waals surface area (Å²) in [5.74, 6) is 1.37. The van der Waals surface area contributed by atoms with Crippen LogP contribution in [0.4, 0.5) is 0 Å². The maximum atomic E-state index is 11.4. The van der Waals surface area contributed by atoms with Crippen LogP contribution in [0.5, 0.6) is 0 Å². The highest BCUT2D eigenvalue weighted by atomic mass is 16.1. The van der Waals surface area contributed by atoms with Crippen molar-refractivity contribution < 1.29 is 4.79 Å². The third-order valence-electron chi connectivity index (χ3n) is 4.97. The summed E-state index contributed by atoms with van der Waals surface area (Å²) in [6.45, 7) is 3.06. The van der Waals surface area contributed by atoms with E-state index in [2.05, 4.69) is 60.8 Å². The number of carbonyl (C=O) groups excluding carboxylic acids is 1. The van der Waals surface area contributed by atoms with Crippen LogP contribution in [-0.4, -0.2) is 12.5 Å². The van der Waals surface area contributed by atoms with Gasteiger partial charge in [0.05, 0.1) is 0 Å². The Morgan fingerprint density at radius 2 is 1.70 bits per heavy atom. The van der Waals surface area contributed by atoms with Gasteiger partial charge in [-0.05, 0) is 47.8 Å². The quantitative estimate of drug-likeness (QED) is 0.869. The van der Waals surface area contributed by atoms with Crippen LogP contribution in [0.15, 0.2) is 54.6 Å². The van der Waals surface area contributed by atoms with Crippen LogP contribution < -0.4 is 5.32 Å². The van der Waals surface area contributed by atoms with Gasteiger partial charge in [0.15, 0.2) is 0 Å². The number of benzene rings is 2. The van der Waals surface area contributed by atoms with Gasteiger partial charge in [0.2, 0.25) is 5.91 Å². The minimum Gasteiger partial charge on any atom is -0.356 e. The number of hydrogen-bond acceptors (Lipinski definition) is 1. The number of hydrogen-bond donors (Lipinski definition) is 1. The van der Waals surface area contributed by atoms with Gasteiger partial charge in [-0.2, -0.15) is 0 Å². The number of piperidine rings is 1. The van der Waals surface area contributed by atoms with Crippen molar-refractivity contribution in [2.45, 2.75) is 32.6 Å². The van der Waals surface area contributed by atoms with E-state index in [1.165, 1.54) is 29.5 Å². The molecule has 2 nitrogen and oxygen atoms in total. The van der Waals surface area contributed by atoms with E-state index in [0.717, 1.165) is 13.0 Å². The van der Waals surface area contributed by atoms with Gasteiger partial charge in [0.25, 0.3) is 0 Å². The van der Waals surface area contributed by atoms with E-state index in [0.29, 0.717) is 18.3 Å². The third-order valence-corrected chi connectivity index (χ3v) is 4.97. The van der Waals surface area contributed by atoms with E-state index >= 15 is 0 Å². The molecule has 2 aromatic carbocycles. The predicted molar refractivity (Wildman–Crippen MR) is 95.1 cm³/mol. The van der Waals surface area contributed by atoms with Gasteiger partial charge in [-0.1, -0.05) is 61.5 Å². The Balaban J connectivity index is 1.50. The molecule has 23 heavy (non-hydrogen) atoms. The molecular formula is C21H25NO. The minimum atomic E-state index is 0.213. The summed E-state index contributed by atoms with van der Waals surface area (Å²) < 4.78 is 0. The topological polar surface area (TPSA) is 29.1 Å². The molecule has 1 fully saturated rings. The average Bonchev–Trinajstić information content (AvgIpc) is 2.58. The van der Waals surface area contributed by atoms with E-state index in [4.69, 9.17) is 0 Å². The van der Waals surface area contributed by atoms with E-state index in [9.17, 15) is 4.79 Å². The van der Waals surface area contributed by atoms with Gasteiger partial charge < -0.3 is 5.32 Å². The fourth-order valence-corrected chi connectivity index (χ4v) is 3.43. The molecule has 0 spiro atoms. The van der Waals surface area contributed by atoms with Crippen molar-refractivity contribution in [2.75, 3.05) is 6.54 Å². The Kier molecular flexibility index (Phi) is 5.12. The fourth-order valence-electron chi connectivity index (χ4n) is 3.43. The zero-order chi connectivity index (χ0) is 16.1. The SMILES string of the molecule is CC1CC(=O)NC[C@H]1CCCc1ccc(-c2ccccc2)cc1. The summed E-state index contributed by atoms with van der Waals surface area (Å²) in [6, 6.07) is 19.4. The molecule has 1 N–H and O–H groups in total. The highest BCUT2D eigenvalue weighted by Gasteiger charge is 2.24. The van der Waals surface area contributed by atoms with E-state index < -0.39 is 0 Å². The number of carbonyl (C=O) groups is 1. The lowest BCUT2D eigenvalue weighted by Gasteiger charge is -2.28. The first-order valence-electron chi connectivity index (χ1n) is 8.63. The Hall–Kier alpha value is -2.09. The average molecular weight is 307 g/mol. The molecule has 3 rings (SSSR count). The van der Waals surface area contributed by atoms with Gasteiger partial charge >= 0.3 is 0 Å². The molecule has 0 aromatic heterocycles. The molecule has 2 atom stereocenters. The first-order chi connectivity index (χ1) is 11.2. The molecule has 1 saturated heterocycles. The summed E-state index contributed by atoms with van der Waals surface area (Å²) in [6.07, 6.45) is 4.19. The molecule has 1 amide bonds. The van der Waals surface area contributed by atoms with Gasteiger partial charge in [-0.25, -0.2) is 0 Å². The molecule has 0 radical (unpaired) electrons. The van der Waals surface area contributed by atoms with Gasteiger partial charge in [-0.15, -0.1) is 0 Å². The number of nitrogens with one attached hydrogen (secondary N) is 1. The van der Waals surface area contributed by atoms with Crippen molar-refractivity contribution in [2.24, 2.45) is 11.8 Å². The van der Waals surface area contributed by atoms with Crippen LogP contribution in [0.2, 0.25) is 0 Å². The minimum absolute atomic E-state index is 0.213. The Labute approximate surface area is 138 Å². The number of aryl methyl sites for hydroxylation is 1.